The van der Waals surface area contributed by atoms with Gasteiger partial charge in [-0.05, 0) is 45.7 Å². The number of likely N-dealkylation sites (tertiary alicyclic amines) is 1. The molecule has 1 aromatic rings. The molecular weight excluding hydrogens is 380 g/mol. The normalized spacial score (nSPS) is 16.7. The van der Waals surface area contributed by atoms with E-state index in [9.17, 15) is 22.4 Å². The van der Waals surface area contributed by atoms with Crippen LogP contribution < -0.4 is 4.74 Å². The fourth-order valence-corrected chi connectivity index (χ4v) is 2.63. The van der Waals surface area contributed by atoms with E-state index in [4.69, 9.17) is 4.74 Å². The van der Waals surface area contributed by atoms with Crippen LogP contribution in [0.2, 0.25) is 0 Å². The topological polar surface area (TPSA) is 51.7 Å². The Kier molecular flexibility index (Phi) is 8.07. The van der Waals surface area contributed by atoms with Crippen LogP contribution in [0.3, 0.4) is 0 Å². The van der Waals surface area contributed by atoms with Gasteiger partial charge in [0.25, 0.3) is 0 Å². The zero-order valence-electron chi connectivity index (χ0n) is 16.9. The highest BCUT2D eigenvalue weighted by Crippen LogP contribution is 2.31. The molecule has 9 heteroatoms. The third kappa shape index (κ3) is 8.31. The Balaban J connectivity index is 0.00000190. The first-order valence-electron chi connectivity index (χ1n) is 9.23. The minimum absolute atomic E-state index is 0.0402. The van der Waals surface area contributed by atoms with Crippen LogP contribution in [0, 0.1) is 0 Å². The third-order valence-electron chi connectivity index (χ3n) is 3.84. The molecule has 0 saturated carbocycles. The summed E-state index contributed by atoms with van der Waals surface area (Å²) in [6.45, 7) is 9.69. The number of piperidine rings is 1. The van der Waals surface area contributed by atoms with Gasteiger partial charge < -0.3 is 14.4 Å². The smallest absolute Gasteiger partial charge is 0.444 e. The molecule has 0 bridgehead atoms. The second kappa shape index (κ2) is 9.43. The molecule has 1 fully saturated rings. The van der Waals surface area contributed by atoms with Crippen molar-refractivity contribution >= 4 is 6.09 Å². The summed E-state index contributed by atoms with van der Waals surface area (Å²) in [4.78, 5) is 17.3. The van der Waals surface area contributed by atoms with Gasteiger partial charge in [0.05, 0.1) is 6.20 Å². The number of carbonyl (C=O) groups is 1. The second-order valence-electron chi connectivity index (χ2n) is 7.33. The summed E-state index contributed by atoms with van der Waals surface area (Å²) in [7, 11) is 0. The predicted octanol–water partition coefficient (Wildman–Crippen LogP) is 5.29. The molecule has 1 amide bonds. The molecule has 1 aromatic heterocycles. The van der Waals surface area contributed by atoms with Crippen LogP contribution >= 0.6 is 0 Å². The lowest BCUT2D eigenvalue weighted by Crippen LogP contribution is -2.47. The van der Waals surface area contributed by atoms with Crippen molar-refractivity contribution < 1.29 is 31.8 Å². The number of alkyl halides is 4. The van der Waals surface area contributed by atoms with Gasteiger partial charge in [-0.3, -0.25) is 4.98 Å². The summed E-state index contributed by atoms with van der Waals surface area (Å²) >= 11 is 0. The zero-order valence-corrected chi connectivity index (χ0v) is 16.9. The maximum Gasteiger partial charge on any atom is 0.573 e. The van der Waals surface area contributed by atoms with Gasteiger partial charge in [-0.15, -0.1) is 13.2 Å². The Bertz CT molecular complexity index is 620. The monoisotopic (exact) mass is 408 g/mol. The van der Waals surface area contributed by atoms with E-state index >= 15 is 0 Å². The highest BCUT2D eigenvalue weighted by Gasteiger charge is 2.38. The molecule has 0 spiro atoms. The third-order valence-corrected chi connectivity index (χ3v) is 3.84. The summed E-state index contributed by atoms with van der Waals surface area (Å²) < 4.78 is 60.4. The molecule has 0 aromatic carbocycles. The standard InChI is InChI=1S/C17H22F4N2O3.C2H6/c1-15(2,3)26-14(24)23-8-6-16(18,7-9-23)10-12-4-5-13(11-22-12)25-17(19,20)21;1-2/h4-5,11H,6-10H2,1-3H3;1-2H3. The first-order chi connectivity index (χ1) is 12.9. The number of halogens is 4. The van der Waals surface area contributed by atoms with E-state index in [-0.39, 0.29) is 32.4 Å². The van der Waals surface area contributed by atoms with E-state index in [1.165, 1.54) is 11.0 Å². The molecule has 0 radical (unpaired) electrons. The van der Waals surface area contributed by atoms with Crippen LogP contribution in [0.25, 0.3) is 0 Å². The fourth-order valence-electron chi connectivity index (χ4n) is 2.63. The highest BCUT2D eigenvalue weighted by molar-refractivity contribution is 5.68. The lowest BCUT2D eigenvalue weighted by Gasteiger charge is -2.37. The maximum absolute atomic E-state index is 15.0. The van der Waals surface area contributed by atoms with Gasteiger partial charge in [0.2, 0.25) is 0 Å². The van der Waals surface area contributed by atoms with Gasteiger partial charge in [-0.1, -0.05) is 13.8 Å². The van der Waals surface area contributed by atoms with Gasteiger partial charge in [-0.2, -0.15) is 0 Å². The van der Waals surface area contributed by atoms with E-state index < -0.39 is 29.5 Å². The quantitative estimate of drug-likeness (QED) is 0.638. The number of nitrogens with zero attached hydrogens (tertiary/aromatic N) is 2. The summed E-state index contributed by atoms with van der Waals surface area (Å²) in [5, 5.41) is 0. The largest absolute Gasteiger partial charge is 0.573 e. The molecule has 160 valence electrons. The maximum atomic E-state index is 15.0. The van der Waals surface area contributed by atoms with E-state index in [1.807, 2.05) is 13.8 Å². The van der Waals surface area contributed by atoms with Gasteiger partial charge in [-0.25, -0.2) is 9.18 Å². The number of carbonyl (C=O) groups excluding carboxylic acids is 1. The van der Waals surface area contributed by atoms with E-state index in [0.29, 0.717) is 5.69 Å². The van der Waals surface area contributed by atoms with E-state index in [0.717, 1.165) is 12.3 Å². The summed E-state index contributed by atoms with van der Waals surface area (Å²) in [5.41, 5.74) is -1.86. The lowest BCUT2D eigenvalue weighted by molar-refractivity contribution is -0.274. The number of amides is 1. The van der Waals surface area contributed by atoms with Crippen molar-refractivity contribution in [3.63, 3.8) is 0 Å². The number of ether oxygens (including phenoxy) is 2. The molecule has 2 heterocycles. The molecule has 1 aliphatic heterocycles. The average Bonchev–Trinajstić information content (AvgIpc) is 2.56. The van der Waals surface area contributed by atoms with Crippen molar-refractivity contribution in [3.05, 3.63) is 24.0 Å². The van der Waals surface area contributed by atoms with Crippen LogP contribution in [0.4, 0.5) is 22.4 Å². The molecular formula is C19H28F4N2O3. The molecule has 0 atom stereocenters. The number of aromatic nitrogens is 1. The number of pyridine rings is 1. The molecule has 0 N–H and O–H groups in total. The van der Waals surface area contributed by atoms with Crippen LogP contribution in [0.1, 0.15) is 53.2 Å². The van der Waals surface area contributed by atoms with E-state index in [1.54, 1.807) is 20.8 Å². The van der Waals surface area contributed by atoms with Crippen molar-refractivity contribution in [1.82, 2.24) is 9.88 Å². The lowest BCUT2D eigenvalue weighted by atomic mass is 9.89. The van der Waals surface area contributed by atoms with Gasteiger partial charge in [0.1, 0.15) is 17.0 Å². The molecule has 5 nitrogen and oxygen atoms in total. The minimum atomic E-state index is -4.79. The van der Waals surface area contributed by atoms with Gasteiger partial charge in [0.15, 0.2) is 0 Å². The molecule has 0 aliphatic carbocycles. The first-order valence-corrected chi connectivity index (χ1v) is 9.23. The van der Waals surface area contributed by atoms with Crippen molar-refractivity contribution in [2.24, 2.45) is 0 Å². The summed E-state index contributed by atoms with van der Waals surface area (Å²) in [5.74, 6) is -0.450. The Hall–Kier alpha value is -2.06. The Morgan fingerprint density at radius 1 is 1.18 bits per heavy atom. The molecule has 1 saturated heterocycles. The number of rotatable bonds is 3. The van der Waals surface area contributed by atoms with Crippen molar-refractivity contribution in [1.29, 1.82) is 0 Å². The second-order valence-corrected chi connectivity index (χ2v) is 7.33. The van der Waals surface area contributed by atoms with Crippen LogP contribution in [-0.2, 0) is 11.2 Å². The molecule has 2 rings (SSSR count). The molecule has 1 aliphatic rings. The Morgan fingerprint density at radius 2 is 1.75 bits per heavy atom. The SMILES string of the molecule is CC.CC(C)(C)OC(=O)N1CCC(F)(Cc2ccc(OC(F)(F)F)cn2)CC1. The van der Waals surface area contributed by atoms with Gasteiger partial charge >= 0.3 is 12.5 Å². The number of hydrogen-bond acceptors (Lipinski definition) is 4. The Labute approximate surface area is 163 Å². The number of hydrogen-bond donors (Lipinski definition) is 0. The van der Waals surface area contributed by atoms with Crippen molar-refractivity contribution in [2.45, 2.75) is 71.5 Å². The highest BCUT2D eigenvalue weighted by atomic mass is 19.4. The van der Waals surface area contributed by atoms with Crippen LogP contribution in [-0.4, -0.2) is 46.7 Å². The van der Waals surface area contributed by atoms with E-state index in [2.05, 4.69) is 9.72 Å². The average molecular weight is 408 g/mol. The minimum Gasteiger partial charge on any atom is -0.444 e. The Morgan fingerprint density at radius 3 is 2.18 bits per heavy atom. The van der Waals surface area contributed by atoms with Gasteiger partial charge in [0, 0.05) is 25.2 Å². The van der Waals surface area contributed by atoms with Crippen LogP contribution in [0.15, 0.2) is 18.3 Å². The summed E-state index contributed by atoms with van der Waals surface area (Å²) in [6, 6.07) is 2.41. The zero-order chi connectivity index (χ0) is 21.6. The molecule has 28 heavy (non-hydrogen) atoms. The summed E-state index contributed by atoms with van der Waals surface area (Å²) in [6.07, 6.45) is -4.18. The molecule has 0 unspecified atom stereocenters. The fraction of sp³-hybridized carbons (Fsp3) is 0.684. The van der Waals surface area contributed by atoms with Crippen LogP contribution in [0.5, 0.6) is 5.75 Å². The predicted molar refractivity (Wildman–Crippen MR) is 96.9 cm³/mol. The first kappa shape index (κ1) is 24.0. The van der Waals surface area contributed by atoms with Crippen molar-refractivity contribution in [2.75, 3.05) is 13.1 Å². The van der Waals surface area contributed by atoms with Crippen molar-refractivity contribution in [3.8, 4) is 5.75 Å².